The van der Waals surface area contributed by atoms with E-state index in [2.05, 4.69) is 10.0 Å². The molecule has 0 aromatic heterocycles. The molecule has 2 unspecified atom stereocenters. The summed E-state index contributed by atoms with van der Waals surface area (Å²) in [6.07, 6.45) is 5.66. The highest BCUT2D eigenvalue weighted by Crippen LogP contribution is 2.18. The molecule has 2 heterocycles. The van der Waals surface area contributed by atoms with Gasteiger partial charge in [-0.25, -0.2) is 13.1 Å². The molecule has 1 amide bonds. The highest BCUT2D eigenvalue weighted by Gasteiger charge is 2.27. The van der Waals surface area contributed by atoms with Crippen LogP contribution in [-0.4, -0.2) is 57.7 Å². The lowest BCUT2D eigenvalue weighted by atomic mass is 9.95. The largest absolute Gasteiger partial charge is 0.341 e. The molecule has 2 aliphatic heterocycles. The fourth-order valence-corrected chi connectivity index (χ4v) is 3.87. The Morgan fingerprint density at radius 3 is 2.80 bits per heavy atom. The zero-order valence-corrected chi connectivity index (χ0v) is 12.9. The molecule has 0 radical (unpaired) electrons. The SMILES string of the molecule is CS(=O)(=O)NC1CCCN(C(=O)CC2CCCNC2)C1. The molecule has 2 rings (SSSR count). The number of hydrogen-bond acceptors (Lipinski definition) is 4. The Morgan fingerprint density at radius 2 is 2.15 bits per heavy atom. The van der Waals surface area contributed by atoms with Crippen molar-refractivity contribution in [3.05, 3.63) is 0 Å². The van der Waals surface area contributed by atoms with Crippen molar-refractivity contribution in [1.29, 1.82) is 0 Å². The van der Waals surface area contributed by atoms with Crippen molar-refractivity contribution in [2.75, 3.05) is 32.4 Å². The Morgan fingerprint density at radius 1 is 1.35 bits per heavy atom. The lowest BCUT2D eigenvalue weighted by Gasteiger charge is -2.34. The van der Waals surface area contributed by atoms with E-state index in [1.807, 2.05) is 4.90 Å². The third-order valence-electron chi connectivity index (χ3n) is 4.02. The fourth-order valence-electron chi connectivity index (χ4n) is 3.08. The van der Waals surface area contributed by atoms with Crippen molar-refractivity contribution >= 4 is 15.9 Å². The maximum Gasteiger partial charge on any atom is 0.222 e. The van der Waals surface area contributed by atoms with Gasteiger partial charge < -0.3 is 10.2 Å². The minimum atomic E-state index is -3.20. The molecular weight excluding hydrogens is 278 g/mol. The minimum absolute atomic E-state index is 0.132. The maximum absolute atomic E-state index is 12.3. The van der Waals surface area contributed by atoms with Crippen LogP contribution in [0.25, 0.3) is 0 Å². The van der Waals surface area contributed by atoms with Gasteiger partial charge in [-0.05, 0) is 44.7 Å². The summed E-state index contributed by atoms with van der Waals surface area (Å²) in [6.45, 7) is 3.23. The molecule has 0 saturated carbocycles. The van der Waals surface area contributed by atoms with Crippen LogP contribution in [-0.2, 0) is 14.8 Å². The summed E-state index contributed by atoms with van der Waals surface area (Å²) < 4.78 is 25.2. The molecular formula is C13H25N3O3S. The Kier molecular flexibility index (Phi) is 5.40. The van der Waals surface area contributed by atoms with Crippen LogP contribution in [0, 0.1) is 5.92 Å². The predicted octanol–water partition coefficient (Wildman–Crippen LogP) is -0.0837. The molecule has 2 fully saturated rings. The Labute approximate surface area is 121 Å². The first-order chi connectivity index (χ1) is 9.44. The standard InChI is InChI=1S/C13H25N3O3S/c1-20(18,19)15-12-5-3-7-16(10-12)13(17)8-11-4-2-6-14-9-11/h11-12,14-15H,2-10H2,1H3. The number of nitrogens with zero attached hydrogens (tertiary/aromatic N) is 1. The third-order valence-corrected chi connectivity index (χ3v) is 4.78. The fraction of sp³-hybridized carbons (Fsp3) is 0.923. The normalized spacial score (nSPS) is 28.4. The number of likely N-dealkylation sites (tertiary alicyclic amines) is 1. The molecule has 0 bridgehead atoms. The first-order valence-electron chi connectivity index (χ1n) is 7.40. The summed E-state index contributed by atoms with van der Waals surface area (Å²) in [4.78, 5) is 14.1. The number of amides is 1. The molecule has 0 aromatic rings. The van der Waals surface area contributed by atoms with E-state index in [9.17, 15) is 13.2 Å². The highest BCUT2D eigenvalue weighted by molar-refractivity contribution is 7.88. The van der Waals surface area contributed by atoms with Crippen LogP contribution >= 0.6 is 0 Å². The maximum atomic E-state index is 12.3. The second-order valence-electron chi connectivity index (χ2n) is 5.99. The van der Waals surface area contributed by atoms with Crippen LogP contribution in [0.1, 0.15) is 32.1 Å². The molecule has 0 spiro atoms. The average Bonchev–Trinajstić information content (AvgIpc) is 2.38. The Balaban J connectivity index is 1.83. The van der Waals surface area contributed by atoms with Crippen molar-refractivity contribution in [2.45, 2.75) is 38.1 Å². The second-order valence-corrected chi connectivity index (χ2v) is 7.77. The third kappa shape index (κ3) is 5.03. The smallest absolute Gasteiger partial charge is 0.222 e. The van der Waals surface area contributed by atoms with Gasteiger partial charge >= 0.3 is 0 Å². The van der Waals surface area contributed by atoms with Crippen molar-refractivity contribution in [1.82, 2.24) is 14.9 Å². The van der Waals surface area contributed by atoms with Crippen molar-refractivity contribution in [3.63, 3.8) is 0 Å². The minimum Gasteiger partial charge on any atom is -0.341 e. The number of carbonyl (C=O) groups excluding carboxylic acids is 1. The molecule has 2 atom stereocenters. The summed E-state index contributed by atoms with van der Waals surface area (Å²) in [5.41, 5.74) is 0. The van der Waals surface area contributed by atoms with E-state index >= 15 is 0 Å². The van der Waals surface area contributed by atoms with Crippen LogP contribution in [0.4, 0.5) is 0 Å². The molecule has 2 saturated heterocycles. The molecule has 7 heteroatoms. The van der Waals surface area contributed by atoms with E-state index in [1.165, 1.54) is 6.26 Å². The Hall–Kier alpha value is -0.660. The van der Waals surface area contributed by atoms with Gasteiger partial charge in [0.05, 0.1) is 6.26 Å². The average molecular weight is 303 g/mol. The lowest BCUT2D eigenvalue weighted by Crippen LogP contribution is -2.49. The summed E-state index contributed by atoms with van der Waals surface area (Å²) >= 11 is 0. The van der Waals surface area contributed by atoms with Crippen LogP contribution in [0.5, 0.6) is 0 Å². The van der Waals surface area contributed by atoms with Gasteiger partial charge in [0.15, 0.2) is 0 Å². The summed E-state index contributed by atoms with van der Waals surface area (Å²) in [6, 6.07) is -0.132. The van der Waals surface area contributed by atoms with Gasteiger partial charge in [0.1, 0.15) is 0 Å². The molecule has 0 aliphatic carbocycles. The predicted molar refractivity (Wildman–Crippen MR) is 77.8 cm³/mol. The number of hydrogen-bond donors (Lipinski definition) is 2. The van der Waals surface area contributed by atoms with Crippen molar-refractivity contribution in [3.8, 4) is 0 Å². The van der Waals surface area contributed by atoms with Gasteiger partial charge in [-0.1, -0.05) is 0 Å². The quantitative estimate of drug-likeness (QED) is 0.761. The summed E-state index contributed by atoms with van der Waals surface area (Å²) in [5.74, 6) is 0.596. The topological polar surface area (TPSA) is 78.5 Å². The molecule has 6 nitrogen and oxygen atoms in total. The highest BCUT2D eigenvalue weighted by atomic mass is 32.2. The molecule has 20 heavy (non-hydrogen) atoms. The van der Waals surface area contributed by atoms with Gasteiger partial charge in [-0.15, -0.1) is 0 Å². The number of piperidine rings is 2. The van der Waals surface area contributed by atoms with E-state index in [1.54, 1.807) is 0 Å². The molecule has 116 valence electrons. The zero-order chi connectivity index (χ0) is 14.6. The van der Waals surface area contributed by atoms with E-state index < -0.39 is 10.0 Å². The number of sulfonamides is 1. The van der Waals surface area contributed by atoms with Crippen molar-refractivity contribution in [2.24, 2.45) is 5.92 Å². The van der Waals surface area contributed by atoms with Gasteiger partial charge in [0, 0.05) is 25.6 Å². The van der Waals surface area contributed by atoms with E-state index in [-0.39, 0.29) is 11.9 Å². The van der Waals surface area contributed by atoms with E-state index in [0.29, 0.717) is 18.9 Å². The van der Waals surface area contributed by atoms with Crippen molar-refractivity contribution < 1.29 is 13.2 Å². The van der Waals surface area contributed by atoms with E-state index in [4.69, 9.17) is 0 Å². The van der Waals surface area contributed by atoms with Crippen LogP contribution in [0.2, 0.25) is 0 Å². The first-order valence-corrected chi connectivity index (χ1v) is 9.29. The van der Waals surface area contributed by atoms with Gasteiger partial charge in [0.2, 0.25) is 15.9 Å². The molecule has 0 aromatic carbocycles. The Bertz CT molecular complexity index is 432. The monoisotopic (exact) mass is 303 g/mol. The van der Waals surface area contributed by atoms with Crippen LogP contribution < -0.4 is 10.0 Å². The summed E-state index contributed by atoms with van der Waals surface area (Å²) in [5, 5.41) is 3.32. The van der Waals surface area contributed by atoms with Gasteiger partial charge in [-0.3, -0.25) is 4.79 Å². The number of nitrogens with one attached hydrogen (secondary N) is 2. The van der Waals surface area contributed by atoms with E-state index in [0.717, 1.165) is 45.3 Å². The zero-order valence-electron chi connectivity index (χ0n) is 12.1. The van der Waals surface area contributed by atoms with Gasteiger partial charge in [-0.2, -0.15) is 0 Å². The second kappa shape index (κ2) is 6.87. The lowest BCUT2D eigenvalue weighted by molar-refractivity contribution is -0.133. The molecule has 2 aliphatic rings. The first kappa shape index (κ1) is 15.7. The molecule has 2 N–H and O–H groups in total. The number of carbonyl (C=O) groups is 1. The van der Waals surface area contributed by atoms with Gasteiger partial charge in [0.25, 0.3) is 0 Å². The van der Waals surface area contributed by atoms with Crippen LogP contribution in [0.15, 0.2) is 0 Å². The summed E-state index contributed by atoms with van der Waals surface area (Å²) in [7, 11) is -3.20. The number of rotatable bonds is 4. The van der Waals surface area contributed by atoms with Crippen LogP contribution in [0.3, 0.4) is 0 Å².